The van der Waals surface area contributed by atoms with Gasteiger partial charge in [-0.25, -0.2) is 0 Å². The van der Waals surface area contributed by atoms with Gasteiger partial charge in [0.25, 0.3) is 0 Å². The maximum atomic E-state index is 11.8. The van der Waals surface area contributed by atoms with Crippen molar-refractivity contribution >= 4 is 17.7 Å². The summed E-state index contributed by atoms with van der Waals surface area (Å²) in [5, 5.41) is 4.92. The van der Waals surface area contributed by atoms with Crippen molar-refractivity contribution in [3.05, 3.63) is 0 Å². The van der Waals surface area contributed by atoms with Gasteiger partial charge in [-0.1, -0.05) is 0 Å². The molecule has 0 spiro atoms. The summed E-state index contributed by atoms with van der Waals surface area (Å²) in [6, 6.07) is -1.25. The highest BCUT2D eigenvalue weighted by atomic mass is 16.5. The maximum Gasteiger partial charge on any atom is 0.249 e. The quantitative estimate of drug-likeness (QED) is 0.529. The number of ether oxygens (including phenoxy) is 1. The molecule has 0 saturated heterocycles. The van der Waals surface area contributed by atoms with E-state index in [0.29, 0.717) is 0 Å². The molecule has 0 heterocycles. The summed E-state index contributed by atoms with van der Waals surface area (Å²) >= 11 is 0. The van der Waals surface area contributed by atoms with Crippen LogP contribution in [0, 0.1) is 0 Å². The number of primary amides is 1. The molecule has 7 nitrogen and oxygen atoms in total. The molecule has 0 aliphatic rings. The molecule has 0 rings (SSSR count). The Kier molecular flexibility index (Phi) is 6.19. The van der Waals surface area contributed by atoms with Gasteiger partial charge in [-0.05, 0) is 13.8 Å². The fraction of sp³-hybridized carbons (Fsp3) is 0.700. The molecule has 0 saturated carbocycles. The Morgan fingerprint density at radius 2 is 1.71 bits per heavy atom. The highest BCUT2D eigenvalue weighted by molar-refractivity contribution is 5.93. The molecule has 7 heteroatoms. The van der Waals surface area contributed by atoms with Crippen LogP contribution in [0.4, 0.5) is 0 Å². The summed E-state index contributed by atoms with van der Waals surface area (Å²) in [4.78, 5) is 33.9. The molecule has 17 heavy (non-hydrogen) atoms. The molecule has 0 radical (unpaired) electrons. The van der Waals surface area contributed by atoms with Gasteiger partial charge in [0.15, 0.2) is 6.10 Å². The van der Waals surface area contributed by atoms with E-state index in [1.54, 1.807) is 13.8 Å². The maximum absolute atomic E-state index is 11.8. The van der Waals surface area contributed by atoms with Crippen LogP contribution in [0.5, 0.6) is 0 Å². The monoisotopic (exact) mass is 245 g/mol. The average molecular weight is 245 g/mol. The van der Waals surface area contributed by atoms with Crippen molar-refractivity contribution in [2.45, 2.75) is 39.0 Å². The normalized spacial score (nSPS) is 13.9. The minimum atomic E-state index is -1.20. The lowest BCUT2D eigenvalue weighted by Gasteiger charge is -2.24. The summed E-state index contributed by atoms with van der Waals surface area (Å²) in [5.41, 5.74) is 5.10. The SMILES string of the molecule is COC(C(N)=O)C(NC(C)=O)C(=O)NC(C)C. The van der Waals surface area contributed by atoms with Crippen molar-refractivity contribution in [1.29, 1.82) is 0 Å². The predicted molar refractivity (Wildman–Crippen MR) is 60.9 cm³/mol. The van der Waals surface area contributed by atoms with E-state index in [4.69, 9.17) is 10.5 Å². The van der Waals surface area contributed by atoms with Gasteiger partial charge >= 0.3 is 0 Å². The molecule has 0 fully saturated rings. The van der Waals surface area contributed by atoms with Crippen LogP contribution < -0.4 is 16.4 Å². The highest BCUT2D eigenvalue weighted by Gasteiger charge is 2.33. The van der Waals surface area contributed by atoms with Gasteiger partial charge in [-0.2, -0.15) is 0 Å². The van der Waals surface area contributed by atoms with Crippen molar-refractivity contribution in [3.8, 4) is 0 Å². The third-order valence-corrected chi connectivity index (χ3v) is 1.91. The molecule has 3 amide bonds. The summed E-state index contributed by atoms with van der Waals surface area (Å²) in [6.07, 6.45) is -1.20. The van der Waals surface area contributed by atoms with Gasteiger partial charge in [0.05, 0.1) is 0 Å². The number of carbonyl (C=O) groups excluding carboxylic acids is 3. The van der Waals surface area contributed by atoms with Crippen LogP contribution in [0.15, 0.2) is 0 Å². The zero-order chi connectivity index (χ0) is 13.6. The molecule has 98 valence electrons. The van der Waals surface area contributed by atoms with Gasteiger partial charge in [0.1, 0.15) is 6.04 Å². The van der Waals surface area contributed by atoms with E-state index in [0.717, 1.165) is 0 Å². The fourth-order valence-corrected chi connectivity index (χ4v) is 1.29. The lowest BCUT2D eigenvalue weighted by Crippen LogP contribution is -2.58. The molecule has 0 aromatic rings. The summed E-state index contributed by atoms with van der Waals surface area (Å²) in [6.45, 7) is 4.76. The van der Waals surface area contributed by atoms with E-state index < -0.39 is 29.9 Å². The van der Waals surface area contributed by atoms with Crippen molar-refractivity contribution in [1.82, 2.24) is 10.6 Å². The van der Waals surface area contributed by atoms with Gasteiger partial charge in [-0.3, -0.25) is 14.4 Å². The Balaban J connectivity index is 4.90. The van der Waals surface area contributed by atoms with Crippen LogP contribution >= 0.6 is 0 Å². The van der Waals surface area contributed by atoms with E-state index in [1.807, 2.05) is 0 Å². The molecule has 0 aromatic carbocycles. The standard InChI is InChI=1S/C10H19N3O4/c1-5(2)12-10(16)7(13-6(3)14)8(17-4)9(11)15/h5,7-8H,1-4H3,(H2,11,15)(H,12,16)(H,13,14). The minimum Gasteiger partial charge on any atom is -0.369 e. The van der Waals surface area contributed by atoms with Crippen LogP contribution in [0.25, 0.3) is 0 Å². The van der Waals surface area contributed by atoms with Gasteiger partial charge < -0.3 is 21.1 Å². The molecule has 4 N–H and O–H groups in total. The van der Waals surface area contributed by atoms with E-state index in [1.165, 1.54) is 14.0 Å². The first-order valence-corrected chi connectivity index (χ1v) is 5.19. The number of nitrogens with one attached hydrogen (secondary N) is 2. The molecule has 0 aliphatic heterocycles. The van der Waals surface area contributed by atoms with E-state index >= 15 is 0 Å². The van der Waals surface area contributed by atoms with E-state index in [-0.39, 0.29) is 6.04 Å². The third kappa shape index (κ3) is 5.30. The number of hydrogen-bond donors (Lipinski definition) is 3. The van der Waals surface area contributed by atoms with Crippen molar-refractivity contribution in [3.63, 3.8) is 0 Å². The zero-order valence-corrected chi connectivity index (χ0v) is 10.4. The topological polar surface area (TPSA) is 111 Å². The number of carbonyl (C=O) groups is 3. The smallest absolute Gasteiger partial charge is 0.249 e. The first-order valence-electron chi connectivity index (χ1n) is 5.19. The second kappa shape index (κ2) is 6.85. The molecule has 0 aliphatic carbocycles. The number of amides is 3. The molecular weight excluding hydrogens is 226 g/mol. The van der Waals surface area contributed by atoms with Crippen molar-refractivity contribution < 1.29 is 19.1 Å². The van der Waals surface area contributed by atoms with E-state index in [2.05, 4.69) is 10.6 Å². The van der Waals surface area contributed by atoms with Crippen LogP contribution in [0.1, 0.15) is 20.8 Å². The van der Waals surface area contributed by atoms with Crippen LogP contribution in [0.2, 0.25) is 0 Å². The Morgan fingerprint density at radius 1 is 1.18 bits per heavy atom. The molecule has 2 atom stereocenters. The first kappa shape index (κ1) is 15.4. The number of methoxy groups -OCH3 is 1. The molecule has 0 bridgehead atoms. The molecule has 0 aromatic heterocycles. The van der Waals surface area contributed by atoms with Crippen molar-refractivity contribution in [2.24, 2.45) is 5.73 Å². The summed E-state index contributed by atoms with van der Waals surface area (Å²) < 4.78 is 4.83. The average Bonchev–Trinajstić information content (AvgIpc) is 2.14. The van der Waals surface area contributed by atoms with Gasteiger partial charge in [-0.15, -0.1) is 0 Å². The Morgan fingerprint density at radius 3 is 2.00 bits per heavy atom. The van der Waals surface area contributed by atoms with Crippen molar-refractivity contribution in [2.75, 3.05) is 7.11 Å². The fourth-order valence-electron chi connectivity index (χ4n) is 1.29. The first-order chi connectivity index (χ1) is 7.79. The van der Waals surface area contributed by atoms with Gasteiger partial charge in [0, 0.05) is 20.1 Å². The lowest BCUT2D eigenvalue weighted by atomic mass is 10.1. The molecule has 2 unspecified atom stereocenters. The van der Waals surface area contributed by atoms with Gasteiger partial charge in [0.2, 0.25) is 17.7 Å². The second-order valence-corrected chi connectivity index (χ2v) is 3.90. The summed E-state index contributed by atoms with van der Waals surface area (Å²) in [5.74, 6) is -1.77. The Labute approximate surface area is 100 Å². The third-order valence-electron chi connectivity index (χ3n) is 1.91. The second-order valence-electron chi connectivity index (χ2n) is 3.90. The Bertz CT molecular complexity index is 304. The lowest BCUT2D eigenvalue weighted by molar-refractivity contribution is -0.139. The Hall–Kier alpha value is -1.63. The summed E-state index contributed by atoms with van der Waals surface area (Å²) in [7, 11) is 1.24. The highest BCUT2D eigenvalue weighted by Crippen LogP contribution is 2.00. The van der Waals surface area contributed by atoms with Crippen LogP contribution in [-0.4, -0.2) is 43.0 Å². The minimum absolute atomic E-state index is 0.121. The van der Waals surface area contributed by atoms with Crippen LogP contribution in [-0.2, 0) is 19.1 Å². The number of nitrogens with two attached hydrogens (primary N) is 1. The number of hydrogen-bond acceptors (Lipinski definition) is 4. The van der Waals surface area contributed by atoms with E-state index in [9.17, 15) is 14.4 Å². The molecular formula is C10H19N3O4. The number of rotatable bonds is 6. The predicted octanol–water partition coefficient (Wildman–Crippen LogP) is -1.48. The van der Waals surface area contributed by atoms with Crippen LogP contribution in [0.3, 0.4) is 0 Å². The zero-order valence-electron chi connectivity index (χ0n) is 10.4. The largest absolute Gasteiger partial charge is 0.369 e.